The summed E-state index contributed by atoms with van der Waals surface area (Å²) in [6, 6.07) is 15.3. The van der Waals surface area contributed by atoms with Gasteiger partial charge in [-0.05, 0) is 24.6 Å². The molecule has 3 rings (SSSR count). The molecule has 3 N–H and O–H groups in total. The molecule has 7 nitrogen and oxygen atoms in total. The highest BCUT2D eigenvalue weighted by molar-refractivity contribution is 5.84. The Morgan fingerprint density at radius 3 is 2.44 bits per heavy atom. The molecule has 0 saturated carbocycles. The number of carbonyl (C=O) groups is 2. The number of hydrogen-bond donors (Lipinski definition) is 3. The first-order chi connectivity index (χ1) is 13.0. The highest BCUT2D eigenvalue weighted by atomic mass is 16.2. The largest absolute Gasteiger partial charge is 0.347 e. The number of hydrogen-bond acceptors (Lipinski definition) is 3. The van der Waals surface area contributed by atoms with Gasteiger partial charge in [0.25, 0.3) is 0 Å². The highest BCUT2D eigenvalue weighted by Crippen LogP contribution is 2.13. The van der Waals surface area contributed by atoms with Gasteiger partial charge in [0.1, 0.15) is 5.82 Å². The van der Waals surface area contributed by atoms with Crippen molar-refractivity contribution in [1.29, 1.82) is 0 Å². The number of urea groups is 1. The van der Waals surface area contributed by atoms with Crippen LogP contribution in [0.5, 0.6) is 0 Å². The summed E-state index contributed by atoms with van der Waals surface area (Å²) in [5.74, 6) is 0.487. The fourth-order valence-electron chi connectivity index (χ4n) is 2.70. The van der Waals surface area contributed by atoms with Crippen LogP contribution in [0.15, 0.2) is 48.5 Å². The molecule has 2 aromatic carbocycles. The lowest BCUT2D eigenvalue weighted by atomic mass is 10.1. The van der Waals surface area contributed by atoms with Gasteiger partial charge in [-0.15, -0.1) is 0 Å². The molecule has 1 heterocycles. The van der Waals surface area contributed by atoms with Crippen LogP contribution < -0.4 is 16.0 Å². The summed E-state index contributed by atoms with van der Waals surface area (Å²) in [5, 5.41) is 8.05. The van der Waals surface area contributed by atoms with E-state index in [0.717, 1.165) is 22.4 Å². The van der Waals surface area contributed by atoms with Crippen LogP contribution in [0.4, 0.5) is 4.79 Å². The summed E-state index contributed by atoms with van der Waals surface area (Å²) < 4.78 is 1.94. The van der Waals surface area contributed by atoms with Crippen LogP contribution in [0.25, 0.3) is 11.0 Å². The lowest BCUT2D eigenvalue weighted by Crippen LogP contribution is -2.41. The van der Waals surface area contributed by atoms with Crippen molar-refractivity contribution in [2.75, 3.05) is 6.54 Å². The molecular weight excluding hydrogens is 342 g/mol. The molecule has 0 aliphatic carbocycles. The minimum absolute atomic E-state index is 0.0936. The Bertz CT molecular complexity index is 947. The SMILES string of the molecule is Cc1ccc(CNC(=O)NCC(=O)NCc2nc3ccccc3n2C)cc1. The van der Waals surface area contributed by atoms with Crippen molar-refractivity contribution < 1.29 is 9.59 Å². The summed E-state index contributed by atoms with van der Waals surface area (Å²) in [6.45, 7) is 2.63. The minimum Gasteiger partial charge on any atom is -0.347 e. The number of rotatable bonds is 6. The first-order valence-electron chi connectivity index (χ1n) is 8.77. The van der Waals surface area contributed by atoms with Crippen molar-refractivity contribution in [3.8, 4) is 0 Å². The number of para-hydroxylation sites is 2. The zero-order chi connectivity index (χ0) is 19.2. The number of fused-ring (bicyclic) bond motifs is 1. The molecule has 0 spiro atoms. The predicted molar refractivity (Wildman–Crippen MR) is 104 cm³/mol. The van der Waals surface area contributed by atoms with Gasteiger partial charge in [0.2, 0.25) is 5.91 Å². The third kappa shape index (κ3) is 4.84. The number of aryl methyl sites for hydroxylation is 2. The Morgan fingerprint density at radius 2 is 1.70 bits per heavy atom. The van der Waals surface area contributed by atoms with Crippen LogP contribution in [0.1, 0.15) is 17.0 Å². The molecule has 3 amide bonds. The van der Waals surface area contributed by atoms with Gasteiger partial charge in [-0.1, -0.05) is 42.0 Å². The number of aromatic nitrogens is 2. The van der Waals surface area contributed by atoms with E-state index in [0.29, 0.717) is 13.1 Å². The molecule has 0 saturated heterocycles. The maximum absolute atomic E-state index is 12.0. The van der Waals surface area contributed by atoms with E-state index >= 15 is 0 Å². The van der Waals surface area contributed by atoms with E-state index in [1.165, 1.54) is 5.56 Å². The number of nitrogens with one attached hydrogen (secondary N) is 3. The number of amides is 3. The molecule has 7 heteroatoms. The lowest BCUT2D eigenvalue weighted by molar-refractivity contribution is -0.120. The first-order valence-corrected chi connectivity index (χ1v) is 8.77. The molecule has 0 atom stereocenters. The molecule has 0 radical (unpaired) electrons. The quantitative estimate of drug-likeness (QED) is 0.624. The molecule has 3 aromatic rings. The summed E-state index contributed by atoms with van der Waals surface area (Å²) in [7, 11) is 1.91. The molecule has 0 unspecified atom stereocenters. The maximum Gasteiger partial charge on any atom is 0.315 e. The van der Waals surface area contributed by atoms with E-state index in [-0.39, 0.29) is 18.5 Å². The Kier molecular flexibility index (Phi) is 5.71. The minimum atomic E-state index is -0.381. The number of carbonyl (C=O) groups excluding carboxylic acids is 2. The maximum atomic E-state index is 12.0. The second-order valence-corrected chi connectivity index (χ2v) is 6.37. The molecule has 0 bridgehead atoms. The third-order valence-corrected chi connectivity index (χ3v) is 4.31. The van der Waals surface area contributed by atoms with Crippen molar-refractivity contribution in [2.45, 2.75) is 20.0 Å². The smallest absolute Gasteiger partial charge is 0.315 e. The normalized spacial score (nSPS) is 10.6. The van der Waals surface area contributed by atoms with Crippen LogP contribution in [0, 0.1) is 6.92 Å². The molecule has 0 aliphatic rings. The number of nitrogens with zero attached hydrogens (tertiary/aromatic N) is 2. The van der Waals surface area contributed by atoms with Gasteiger partial charge in [0, 0.05) is 13.6 Å². The van der Waals surface area contributed by atoms with Crippen molar-refractivity contribution in [2.24, 2.45) is 7.05 Å². The van der Waals surface area contributed by atoms with E-state index in [1.54, 1.807) is 0 Å². The summed E-state index contributed by atoms with van der Waals surface area (Å²) in [5.41, 5.74) is 4.07. The zero-order valence-corrected chi connectivity index (χ0v) is 15.5. The van der Waals surface area contributed by atoms with Crippen LogP contribution in [0.3, 0.4) is 0 Å². The number of benzene rings is 2. The van der Waals surface area contributed by atoms with Gasteiger partial charge in [0.05, 0.1) is 24.1 Å². The van der Waals surface area contributed by atoms with Gasteiger partial charge in [-0.2, -0.15) is 0 Å². The standard InChI is InChI=1S/C20H23N5O2/c1-14-7-9-15(10-8-14)11-22-20(27)23-13-19(26)21-12-18-24-16-5-3-4-6-17(16)25(18)2/h3-10H,11-13H2,1-2H3,(H,21,26)(H2,22,23,27). The van der Waals surface area contributed by atoms with Gasteiger partial charge >= 0.3 is 6.03 Å². The van der Waals surface area contributed by atoms with E-state index in [4.69, 9.17) is 0 Å². The molecule has 140 valence electrons. The first kappa shape index (κ1) is 18.4. The average molecular weight is 365 g/mol. The van der Waals surface area contributed by atoms with Gasteiger partial charge < -0.3 is 20.5 Å². The molecule has 0 fully saturated rings. The fourth-order valence-corrected chi connectivity index (χ4v) is 2.70. The van der Waals surface area contributed by atoms with E-state index in [9.17, 15) is 9.59 Å². The van der Waals surface area contributed by atoms with E-state index in [2.05, 4.69) is 20.9 Å². The Balaban J connectivity index is 1.41. The van der Waals surface area contributed by atoms with E-state index < -0.39 is 0 Å². The third-order valence-electron chi connectivity index (χ3n) is 4.31. The highest BCUT2D eigenvalue weighted by Gasteiger charge is 2.09. The molecular formula is C20H23N5O2. The number of imidazole rings is 1. The predicted octanol–water partition coefficient (Wildman–Crippen LogP) is 2.00. The monoisotopic (exact) mass is 365 g/mol. The fraction of sp³-hybridized carbons (Fsp3) is 0.250. The van der Waals surface area contributed by atoms with Gasteiger partial charge in [-0.3, -0.25) is 4.79 Å². The van der Waals surface area contributed by atoms with Crippen LogP contribution in [-0.2, 0) is 24.9 Å². The molecule has 0 aliphatic heterocycles. The Hall–Kier alpha value is -3.35. The zero-order valence-electron chi connectivity index (χ0n) is 15.5. The summed E-state index contributed by atoms with van der Waals surface area (Å²) in [4.78, 5) is 28.3. The van der Waals surface area contributed by atoms with Crippen molar-refractivity contribution in [3.05, 3.63) is 65.5 Å². The summed E-state index contributed by atoms with van der Waals surface area (Å²) >= 11 is 0. The van der Waals surface area contributed by atoms with Gasteiger partial charge in [-0.25, -0.2) is 9.78 Å². The van der Waals surface area contributed by atoms with Crippen molar-refractivity contribution >= 4 is 23.0 Å². The Morgan fingerprint density at radius 1 is 0.963 bits per heavy atom. The average Bonchev–Trinajstić information content (AvgIpc) is 3.00. The van der Waals surface area contributed by atoms with Crippen LogP contribution in [0.2, 0.25) is 0 Å². The van der Waals surface area contributed by atoms with Gasteiger partial charge in [0.15, 0.2) is 0 Å². The van der Waals surface area contributed by atoms with Crippen molar-refractivity contribution in [3.63, 3.8) is 0 Å². The summed E-state index contributed by atoms with van der Waals surface area (Å²) in [6.07, 6.45) is 0. The van der Waals surface area contributed by atoms with Crippen molar-refractivity contribution in [1.82, 2.24) is 25.5 Å². The Labute approximate surface area is 157 Å². The van der Waals surface area contributed by atoms with Crippen LogP contribution in [-0.4, -0.2) is 28.0 Å². The second kappa shape index (κ2) is 8.35. The topological polar surface area (TPSA) is 88.1 Å². The lowest BCUT2D eigenvalue weighted by Gasteiger charge is -2.09. The molecule has 27 heavy (non-hydrogen) atoms. The van der Waals surface area contributed by atoms with Crippen LogP contribution >= 0.6 is 0 Å². The second-order valence-electron chi connectivity index (χ2n) is 6.37. The molecule has 1 aromatic heterocycles. The van der Waals surface area contributed by atoms with E-state index in [1.807, 2.05) is 67.1 Å².